The number of hydrogen-bond acceptors (Lipinski definition) is 19. The minimum Gasteiger partial charge on any atom is -0.492 e. The third kappa shape index (κ3) is 6.16. The summed E-state index contributed by atoms with van der Waals surface area (Å²) in [6.07, 6.45) is -1.87. The van der Waals surface area contributed by atoms with E-state index in [0.29, 0.717) is 11.2 Å². The van der Waals surface area contributed by atoms with E-state index >= 15 is 0 Å². The molecule has 8 rings (SSSR count). The van der Waals surface area contributed by atoms with Gasteiger partial charge in [-0.05, 0) is 0 Å². The van der Waals surface area contributed by atoms with Crippen molar-refractivity contribution in [3.05, 3.63) is 52.5 Å². The van der Waals surface area contributed by atoms with Gasteiger partial charge >= 0.3 is 5.69 Å². The zero-order valence-corrected chi connectivity index (χ0v) is 24.8. The second-order valence-electron chi connectivity index (χ2n) is 10.6. The van der Waals surface area contributed by atoms with Gasteiger partial charge in [-0.25, -0.2) is 34.7 Å². The van der Waals surface area contributed by atoms with Crippen LogP contribution in [0, 0.1) is 0 Å². The van der Waals surface area contributed by atoms with Gasteiger partial charge in [0.05, 0.1) is 32.2 Å². The van der Waals surface area contributed by atoms with Gasteiger partial charge in [0.15, 0.2) is 40.7 Å². The number of aromatic amines is 3. The normalized spacial score (nSPS) is 26.5. The predicted octanol–water partition coefficient (Wildman–Crippen LogP) is -4.90. The molecular weight excluding hydrogens is 658 g/mol. The third-order valence-corrected chi connectivity index (χ3v) is 7.63. The summed E-state index contributed by atoms with van der Waals surface area (Å²) in [5.74, 6) is -0.0639. The molecular formula is C25H29N13O11. The molecule has 0 saturated carbocycles. The van der Waals surface area contributed by atoms with Crippen LogP contribution in [-0.4, -0.2) is 145 Å². The van der Waals surface area contributed by atoms with Crippen LogP contribution in [-0.2, 0) is 9.47 Å². The summed E-state index contributed by atoms with van der Waals surface area (Å²) in [7, 11) is 0. The van der Waals surface area contributed by atoms with E-state index in [1.54, 1.807) is 0 Å². The van der Waals surface area contributed by atoms with Gasteiger partial charge in [0.25, 0.3) is 5.56 Å². The zero-order chi connectivity index (χ0) is 35.0. The minimum atomic E-state index is -1.23. The lowest BCUT2D eigenvalue weighted by Crippen LogP contribution is -2.33. The molecule has 6 aromatic heterocycles. The van der Waals surface area contributed by atoms with E-state index in [0.717, 1.165) is 6.33 Å². The van der Waals surface area contributed by atoms with Crippen molar-refractivity contribution in [2.45, 2.75) is 49.1 Å². The van der Waals surface area contributed by atoms with Crippen LogP contribution in [0.1, 0.15) is 12.5 Å². The highest BCUT2D eigenvalue weighted by atomic mass is 16.6. The fourth-order valence-electron chi connectivity index (χ4n) is 5.17. The lowest BCUT2D eigenvalue weighted by Gasteiger charge is -2.16. The monoisotopic (exact) mass is 687 g/mol. The number of H-pyrrole nitrogens is 3. The number of ether oxygens (including phenoxy) is 2. The molecule has 6 aromatic rings. The highest BCUT2D eigenvalue weighted by molar-refractivity contribution is 5.81. The minimum absolute atomic E-state index is 0.167. The van der Waals surface area contributed by atoms with Gasteiger partial charge in [0.1, 0.15) is 60.3 Å². The van der Waals surface area contributed by atoms with Crippen molar-refractivity contribution in [1.29, 1.82) is 0 Å². The molecule has 8 heterocycles. The largest absolute Gasteiger partial charge is 0.492 e. The Labute approximate surface area is 270 Å². The molecule has 0 spiro atoms. The lowest BCUT2D eigenvalue weighted by atomic mass is 10.1. The first-order valence-corrected chi connectivity index (χ1v) is 14.2. The molecule has 2 aliphatic heterocycles. The van der Waals surface area contributed by atoms with Gasteiger partial charge in [-0.2, -0.15) is 4.98 Å². The zero-order valence-electron chi connectivity index (χ0n) is 24.8. The van der Waals surface area contributed by atoms with Crippen LogP contribution < -0.4 is 17.0 Å². The van der Waals surface area contributed by atoms with E-state index in [1.165, 1.54) is 34.4 Å². The topological polar surface area (TPSA) is 368 Å². The maximum atomic E-state index is 10.9. The Bertz CT molecular complexity index is 2070. The van der Waals surface area contributed by atoms with E-state index in [2.05, 4.69) is 49.8 Å². The molecule has 24 nitrogen and oxygen atoms in total. The number of nitrogens with two attached hydrogens (primary N) is 1. The SMILES string of the molecule is Nc1ncnc2c1ncn2[C@@H]1O[C@H](CO)[C@@H](O)[C@H]1O.O=c1[nH]c(=O)c2[nH]cnc2[nH]1.OC[C@H]1O[C@@H](n2cnc3c(O)ncnc32)[C@H](O)[C@@H]1O. The van der Waals surface area contributed by atoms with Crippen LogP contribution in [0.15, 0.2) is 41.2 Å². The first-order chi connectivity index (χ1) is 23.5. The molecule has 12 N–H and O–H groups in total. The number of nitrogens with zero attached hydrogens (tertiary/aromatic N) is 9. The van der Waals surface area contributed by atoms with E-state index < -0.39 is 73.5 Å². The number of rotatable bonds is 4. The number of anilines is 1. The molecule has 2 saturated heterocycles. The Balaban J connectivity index is 0.000000132. The van der Waals surface area contributed by atoms with Gasteiger partial charge in [-0.1, -0.05) is 0 Å². The highest BCUT2D eigenvalue weighted by Crippen LogP contribution is 2.33. The summed E-state index contributed by atoms with van der Waals surface area (Å²) >= 11 is 0. The van der Waals surface area contributed by atoms with Crippen molar-refractivity contribution in [1.82, 2.24) is 59.0 Å². The van der Waals surface area contributed by atoms with E-state index in [1.807, 2.05) is 0 Å². The van der Waals surface area contributed by atoms with Crippen LogP contribution in [0.4, 0.5) is 5.82 Å². The van der Waals surface area contributed by atoms with Crippen LogP contribution in [0.25, 0.3) is 33.5 Å². The number of fused-ring (bicyclic) bond motifs is 3. The highest BCUT2D eigenvalue weighted by Gasteiger charge is 2.45. The Morgan fingerprint density at radius 2 is 1.29 bits per heavy atom. The van der Waals surface area contributed by atoms with Crippen LogP contribution in [0.5, 0.6) is 5.88 Å². The maximum absolute atomic E-state index is 10.9. The fourth-order valence-corrected chi connectivity index (χ4v) is 5.17. The summed E-state index contributed by atoms with van der Waals surface area (Å²) in [4.78, 5) is 55.6. The van der Waals surface area contributed by atoms with E-state index in [-0.39, 0.29) is 34.0 Å². The number of aromatic nitrogens is 12. The molecule has 0 amide bonds. The smallest absolute Gasteiger partial charge is 0.327 e. The molecule has 49 heavy (non-hydrogen) atoms. The Hall–Kier alpha value is -5.47. The number of aliphatic hydroxyl groups excluding tert-OH is 6. The summed E-state index contributed by atoms with van der Waals surface area (Å²) in [5.41, 5.74) is 6.43. The van der Waals surface area contributed by atoms with E-state index in [4.69, 9.17) is 25.4 Å². The van der Waals surface area contributed by atoms with Gasteiger partial charge in [-0.3, -0.25) is 23.9 Å². The second-order valence-corrected chi connectivity index (χ2v) is 10.6. The fraction of sp³-hybridized carbons (Fsp3) is 0.400. The average molecular weight is 688 g/mol. The number of hydrogen-bond donors (Lipinski definition) is 11. The van der Waals surface area contributed by atoms with Crippen LogP contribution in [0.3, 0.4) is 0 Å². The summed E-state index contributed by atoms with van der Waals surface area (Å²) in [6.45, 7) is -0.805. The van der Waals surface area contributed by atoms with Crippen molar-refractivity contribution in [2.75, 3.05) is 18.9 Å². The molecule has 24 heteroatoms. The summed E-state index contributed by atoms with van der Waals surface area (Å²) in [6, 6.07) is 0. The average Bonchev–Trinajstić information content (AvgIpc) is 3.92. The molecule has 2 aliphatic rings. The lowest BCUT2D eigenvalue weighted by molar-refractivity contribution is -0.0511. The van der Waals surface area contributed by atoms with Crippen molar-refractivity contribution >= 4 is 39.3 Å². The molecule has 8 atom stereocenters. The Kier molecular flexibility index (Phi) is 9.26. The second kappa shape index (κ2) is 13.6. The Morgan fingerprint density at radius 1 is 0.735 bits per heavy atom. The Morgan fingerprint density at radius 3 is 1.86 bits per heavy atom. The molecule has 2 fully saturated rings. The molecule has 0 radical (unpaired) electrons. The summed E-state index contributed by atoms with van der Waals surface area (Å²) in [5, 5.41) is 66.9. The third-order valence-electron chi connectivity index (χ3n) is 7.63. The van der Waals surface area contributed by atoms with Crippen LogP contribution >= 0.6 is 0 Å². The number of nitrogens with one attached hydrogen (secondary N) is 3. The maximum Gasteiger partial charge on any atom is 0.327 e. The van der Waals surface area contributed by atoms with Gasteiger partial charge in [0, 0.05) is 0 Å². The van der Waals surface area contributed by atoms with Crippen molar-refractivity contribution in [3.63, 3.8) is 0 Å². The number of nitrogen functional groups attached to an aromatic ring is 1. The summed E-state index contributed by atoms with van der Waals surface area (Å²) < 4.78 is 13.6. The standard InChI is InChI=1S/C10H13N5O4.C10H12N4O5.C5H4N4O2/c11-8-5-9(13-2-12-8)15(3-14-5)10-7(18)6(17)4(1-16)19-10;15-1-4-6(16)7(17)10(19-4)14-3-13-5-8(14)11-2-12-9(5)18;10-4-2-3(7-1-6-2)8-5(11)9-4/h2-4,6-7,10,16-18H,1H2,(H2,11,12,13);2-4,6-7,10,15-17H,1H2,(H,11,12,18);1H,(H3,6,7,8,9,10,11)/t2*4-,6-,7-,10-;/m11./s1. The van der Waals surface area contributed by atoms with Crippen molar-refractivity contribution in [3.8, 4) is 5.88 Å². The van der Waals surface area contributed by atoms with E-state index in [9.17, 15) is 35.1 Å². The quantitative estimate of drug-likeness (QED) is 0.0827. The number of aliphatic hydroxyl groups is 6. The molecule has 0 aliphatic carbocycles. The number of imidazole rings is 3. The molecule has 0 aromatic carbocycles. The first-order valence-electron chi connectivity index (χ1n) is 14.2. The molecule has 0 bridgehead atoms. The van der Waals surface area contributed by atoms with Crippen LogP contribution in [0.2, 0.25) is 0 Å². The van der Waals surface area contributed by atoms with Gasteiger partial charge in [0.2, 0.25) is 5.88 Å². The number of aromatic hydroxyl groups is 1. The van der Waals surface area contributed by atoms with Crippen molar-refractivity contribution in [2.24, 2.45) is 0 Å². The predicted molar refractivity (Wildman–Crippen MR) is 160 cm³/mol. The van der Waals surface area contributed by atoms with Gasteiger partial charge < -0.3 is 55.9 Å². The first kappa shape index (κ1) is 33.4. The van der Waals surface area contributed by atoms with Gasteiger partial charge in [-0.15, -0.1) is 0 Å². The molecule has 0 unspecified atom stereocenters. The van der Waals surface area contributed by atoms with Crippen molar-refractivity contribution < 1.29 is 45.2 Å². The molecule has 260 valence electrons.